The van der Waals surface area contributed by atoms with Crippen LogP contribution in [-0.4, -0.2) is 44.4 Å². The third-order valence-electron chi connectivity index (χ3n) is 4.05. The predicted octanol–water partition coefficient (Wildman–Crippen LogP) is 3.43. The number of amidine groups is 1. The maximum Gasteiger partial charge on any atom is 0.283 e. The van der Waals surface area contributed by atoms with E-state index in [9.17, 15) is 13.2 Å². The maximum atomic E-state index is 12.4. The number of likely N-dealkylation sites (tertiary alicyclic amines) is 1. The van der Waals surface area contributed by atoms with Crippen molar-refractivity contribution < 1.29 is 13.2 Å². The molecule has 144 valence electrons. The van der Waals surface area contributed by atoms with E-state index < -0.39 is 10.0 Å². The maximum absolute atomic E-state index is 12.4. The number of nitrogens with zero attached hydrogens (tertiary/aromatic N) is 2. The van der Waals surface area contributed by atoms with Crippen LogP contribution < -0.4 is 5.32 Å². The molecule has 0 bridgehead atoms. The van der Waals surface area contributed by atoms with E-state index in [4.69, 9.17) is 0 Å². The van der Waals surface area contributed by atoms with Crippen LogP contribution in [0, 0.1) is 0 Å². The van der Waals surface area contributed by atoms with Crippen LogP contribution in [0.3, 0.4) is 0 Å². The molecule has 0 saturated carbocycles. The number of thioether (sulfide) groups is 1. The summed E-state index contributed by atoms with van der Waals surface area (Å²) in [5.41, 5.74) is 0.571. The zero-order valence-electron chi connectivity index (χ0n) is 14.9. The number of rotatable bonds is 7. The summed E-state index contributed by atoms with van der Waals surface area (Å²) < 4.78 is 28.8. The first-order valence-electron chi connectivity index (χ1n) is 8.49. The number of hydrogen-bond donors (Lipinski definition) is 1. The fourth-order valence-corrected chi connectivity index (χ4v) is 5.41. The first-order valence-corrected chi connectivity index (χ1v) is 12.0. The molecule has 9 heteroatoms. The lowest BCUT2D eigenvalue weighted by atomic mass is 10.3. The highest BCUT2D eigenvalue weighted by atomic mass is 32.2. The van der Waals surface area contributed by atoms with Crippen molar-refractivity contribution in [2.45, 2.75) is 23.5 Å². The molecular weight excluding hydrogens is 402 g/mol. The van der Waals surface area contributed by atoms with Gasteiger partial charge in [0.15, 0.2) is 0 Å². The Kier molecular flexibility index (Phi) is 6.56. The van der Waals surface area contributed by atoms with Crippen molar-refractivity contribution in [2.24, 2.45) is 4.40 Å². The number of carbonyl (C=O) groups excluding carboxylic acids is 1. The molecule has 1 amide bonds. The minimum Gasteiger partial charge on any atom is -0.362 e. The van der Waals surface area contributed by atoms with Gasteiger partial charge in [-0.05, 0) is 42.1 Å². The Morgan fingerprint density at radius 3 is 2.70 bits per heavy atom. The molecule has 1 aromatic carbocycles. The molecule has 0 spiro atoms. The lowest BCUT2D eigenvalue weighted by Gasteiger charge is -2.11. The van der Waals surface area contributed by atoms with Crippen LogP contribution in [0.4, 0.5) is 5.69 Å². The second kappa shape index (κ2) is 8.90. The quantitative estimate of drug-likeness (QED) is 0.738. The van der Waals surface area contributed by atoms with E-state index in [0.717, 1.165) is 18.7 Å². The molecule has 1 aliphatic heterocycles. The van der Waals surface area contributed by atoms with Crippen LogP contribution in [0.5, 0.6) is 0 Å². The summed E-state index contributed by atoms with van der Waals surface area (Å²) in [6.07, 6.45) is 1.59. The Labute approximate surface area is 167 Å². The van der Waals surface area contributed by atoms with Crippen LogP contribution in [0.1, 0.15) is 17.7 Å². The van der Waals surface area contributed by atoms with Crippen LogP contribution in [-0.2, 0) is 20.6 Å². The number of sulfonamides is 1. The summed E-state index contributed by atoms with van der Waals surface area (Å²) in [6, 6.07) is 10.2. The van der Waals surface area contributed by atoms with Gasteiger partial charge in [-0.15, -0.1) is 27.5 Å². The van der Waals surface area contributed by atoms with Crippen molar-refractivity contribution in [3.63, 3.8) is 0 Å². The summed E-state index contributed by atoms with van der Waals surface area (Å²) in [4.78, 5) is 15.2. The smallest absolute Gasteiger partial charge is 0.283 e. The fraction of sp³-hybridized carbons (Fsp3) is 0.333. The molecule has 0 unspecified atom stereocenters. The third kappa shape index (κ3) is 5.57. The molecule has 27 heavy (non-hydrogen) atoms. The average molecular weight is 424 g/mol. The fourth-order valence-electron chi connectivity index (χ4n) is 2.65. The van der Waals surface area contributed by atoms with Crippen molar-refractivity contribution >= 4 is 50.6 Å². The largest absolute Gasteiger partial charge is 0.362 e. The normalized spacial score (nSPS) is 16.0. The topological polar surface area (TPSA) is 78.8 Å². The zero-order valence-corrected chi connectivity index (χ0v) is 17.4. The number of thiophene rings is 1. The third-order valence-corrected chi connectivity index (χ3v) is 7.41. The Balaban J connectivity index is 1.55. The minimum atomic E-state index is -3.73. The van der Waals surface area contributed by atoms with E-state index in [0.29, 0.717) is 23.7 Å². The first-order chi connectivity index (χ1) is 12.9. The number of hydrogen-bond acceptors (Lipinski definition) is 5. The molecular formula is C18H21N3O3S3. The monoisotopic (exact) mass is 423 g/mol. The highest BCUT2D eigenvalue weighted by Crippen LogP contribution is 2.20. The van der Waals surface area contributed by atoms with Crippen LogP contribution in [0.2, 0.25) is 0 Å². The van der Waals surface area contributed by atoms with Gasteiger partial charge in [0, 0.05) is 36.3 Å². The molecule has 2 heterocycles. The van der Waals surface area contributed by atoms with Gasteiger partial charge in [-0.3, -0.25) is 4.79 Å². The van der Waals surface area contributed by atoms with Crippen LogP contribution in [0.25, 0.3) is 0 Å². The summed E-state index contributed by atoms with van der Waals surface area (Å²) in [5, 5.41) is 4.80. The summed E-state index contributed by atoms with van der Waals surface area (Å²) in [7, 11) is -1.89. The molecule has 0 radical (unpaired) electrons. The second-order valence-corrected chi connectivity index (χ2v) is 9.77. The molecule has 1 N–H and O–H groups in total. The van der Waals surface area contributed by atoms with Gasteiger partial charge in [0.1, 0.15) is 5.84 Å². The lowest BCUT2D eigenvalue weighted by Crippen LogP contribution is -2.20. The van der Waals surface area contributed by atoms with Crippen molar-refractivity contribution in [2.75, 3.05) is 24.7 Å². The number of amides is 1. The molecule has 1 saturated heterocycles. The molecule has 0 aliphatic carbocycles. The summed E-state index contributed by atoms with van der Waals surface area (Å²) in [6.45, 7) is 0.823. The molecule has 1 aliphatic rings. The highest BCUT2D eigenvalue weighted by Gasteiger charge is 2.20. The van der Waals surface area contributed by atoms with E-state index >= 15 is 0 Å². The SMILES string of the molecule is CN1CCC/C1=N/S(=O)(=O)c1ccc(NC(=O)CSCc2cccs2)cc1. The zero-order chi connectivity index (χ0) is 19.3. The van der Waals surface area contributed by atoms with Crippen LogP contribution >= 0.6 is 23.1 Å². The molecule has 6 nitrogen and oxygen atoms in total. The molecule has 3 rings (SSSR count). The van der Waals surface area contributed by atoms with Gasteiger partial charge in [0.05, 0.1) is 10.6 Å². The van der Waals surface area contributed by atoms with Gasteiger partial charge in [-0.25, -0.2) is 0 Å². The Bertz CT molecular complexity index is 907. The standard InChI is InChI=1S/C18H21N3O3S3/c1-21-10-2-5-17(21)20-27(23,24)16-8-6-14(7-9-16)19-18(22)13-25-12-15-4-3-11-26-15/h3-4,6-9,11H,2,5,10,12-13H2,1H3,(H,19,22)/b20-17-. The van der Waals surface area contributed by atoms with Gasteiger partial charge in [0.2, 0.25) is 5.91 Å². The molecule has 2 aromatic rings. The molecule has 1 fully saturated rings. The van der Waals surface area contributed by atoms with E-state index in [1.165, 1.54) is 17.0 Å². The van der Waals surface area contributed by atoms with E-state index in [-0.39, 0.29) is 10.8 Å². The second-order valence-electron chi connectivity index (χ2n) is 6.15. The van der Waals surface area contributed by atoms with E-state index in [1.54, 1.807) is 35.2 Å². The van der Waals surface area contributed by atoms with Crippen molar-refractivity contribution in [1.29, 1.82) is 0 Å². The van der Waals surface area contributed by atoms with Crippen LogP contribution in [0.15, 0.2) is 51.1 Å². The van der Waals surface area contributed by atoms with Crippen molar-refractivity contribution in [3.8, 4) is 0 Å². The van der Waals surface area contributed by atoms with Crippen molar-refractivity contribution in [3.05, 3.63) is 46.7 Å². The summed E-state index contributed by atoms with van der Waals surface area (Å²) in [5.74, 6) is 1.63. The lowest BCUT2D eigenvalue weighted by molar-refractivity contribution is -0.113. The number of nitrogens with one attached hydrogen (secondary N) is 1. The minimum absolute atomic E-state index is 0.111. The first kappa shape index (κ1) is 19.9. The van der Waals surface area contributed by atoms with Gasteiger partial charge in [-0.1, -0.05) is 6.07 Å². The van der Waals surface area contributed by atoms with Gasteiger partial charge < -0.3 is 10.2 Å². The predicted molar refractivity (Wildman–Crippen MR) is 112 cm³/mol. The van der Waals surface area contributed by atoms with Gasteiger partial charge in [0.25, 0.3) is 10.0 Å². The Morgan fingerprint density at radius 1 is 1.30 bits per heavy atom. The van der Waals surface area contributed by atoms with Gasteiger partial charge >= 0.3 is 0 Å². The van der Waals surface area contributed by atoms with E-state index in [2.05, 4.69) is 9.71 Å². The van der Waals surface area contributed by atoms with Crippen molar-refractivity contribution in [1.82, 2.24) is 4.90 Å². The molecule has 1 aromatic heterocycles. The Hall–Kier alpha value is -1.84. The van der Waals surface area contributed by atoms with Gasteiger partial charge in [-0.2, -0.15) is 8.42 Å². The average Bonchev–Trinajstić information content (AvgIpc) is 3.28. The number of benzene rings is 1. The highest BCUT2D eigenvalue weighted by molar-refractivity contribution is 7.99. The van der Waals surface area contributed by atoms with E-state index in [1.807, 2.05) is 29.5 Å². The Morgan fingerprint density at radius 2 is 2.07 bits per heavy atom. The number of carbonyl (C=O) groups is 1. The number of anilines is 1. The molecule has 0 atom stereocenters. The summed E-state index contributed by atoms with van der Waals surface area (Å²) >= 11 is 3.21.